The molecule has 6 nitrogen and oxygen atoms in total. The van der Waals surface area contributed by atoms with E-state index in [-0.39, 0.29) is 18.3 Å². The molecule has 2 heterocycles. The van der Waals surface area contributed by atoms with Gasteiger partial charge < -0.3 is 15.6 Å². The molecule has 0 atom stereocenters. The topological polar surface area (TPSA) is 85.8 Å². The van der Waals surface area contributed by atoms with E-state index < -0.39 is 0 Å². The zero-order valence-electron chi connectivity index (χ0n) is 14.6. The van der Waals surface area contributed by atoms with Gasteiger partial charge in [-0.25, -0.2) is 9.97 Å². The maximum atomic E-state index is 12.1. The van der Waals surface area contributed by atoms with Crippen molar-refractivity contribution in [1.82, 2.24) is 19.9 Å². The third kappa shape index (κ3) is 3.71. The number of benzene rings is 2. The summed E-state index contributed by atoms with van der Waals surface area (Å²) in [4.78, 5) is 20.9. The molecule has 0 saturated heterocycles. The minimum absolute atomic E-state index is 0. The van der Waals surface area contributed by atoms with Gasteiger partial charge >= 0.3 is 0 Å². The second-order valence-electron chi connectivity index (χ2n) is 6.12. The van der Waals surface area contributed by atoms with E-state index in [0.29, 0.717) is 17.9 Å². The Balaban J connectivity index is 0.00000210. The summed E-state index contributed by atoms with van der Waals surface area (Å²) >= 11 is 0. The van der Waals surface area contributed by atoms with Crippen molar-refractivity contribution in [3.63, 3.8) is 0 Å². The van der Waals surface area contributed by atoms with E-state index in [1.165, 1.54) is 0 Å². The lowest BCUT2D eigenvalue weighted by molar-refractivity contribution is 0.0953. The number of hydrogen-bond acceptors (Lipinski definition) is 4. The Morgan fingerprint density at radius 2 is 1.81 bits per heavy atom. The number of rotatable bonds is 5. The molecule has 138 valence electrons. The van der Waals surface area contributed by atoms with Crippen molar-refractivity contribution in [2.45, 2.75) is 13.0 Å². The number of aryl methyl sites for hydroxylation is 1. The first-order valence-corrected chi connectivity index (χ1v) is 8.56. The van der Waals surface area contributed by atoms with Crippen molar-refractivity contribution in [3.8, 4) is 0 Å². The number of fused-ring (bicyclic) bond motifs is 3. The van der Waals surface area contributed by atoms with Gasteiger partial charge in [-0.3, -0.25) is 4.79 Å². The summed E-state index contributed by atoms with van der Waals surface area (Å²) in [7, 11) is 0. The van der Waals surface area contributed by atoms with Crippen molar-refractivity contribution in [2.24, 2.45) is 0 Å². The van der Waals surface area contributed by atoms with Crippen molar-refractivity contribution < 1.29 is 4.79 Å². The average molecular weight is 382 g/mol. The van der Waals surface area contributed by atoms with Crippen LogP contribution < -0.4 is 11.1 Å². The Labute approximate surface area is 162 Å². The van der Waals surface area contributed by atoms with E-state index in [0.717, 1.165) is 34.9 Å². The highest BCUT2D eigenvalue weighted by atomic mass is 35.5. The molecule has 0 aliphatic heterocycles. The van der Waals surface area contributed by atoms with Crippen LogP contribution in [-0.4, -0.2) is 27.0 Å². The van der Waals surface area contributed by atoms with Gasteiger partial charge in [-0.2, -0.15) is 0 Å². The summed E-state index contributed by atoms with van der Waals surface area (Å²) in [6.45, 7) is 1.32. The number of hydrogen-bond donors (Lipinski definition) is 2. The molecule has 7 heteroatoms. The van der Waals surface area contributed by atoms with Crippen LogP contribution in [0.5, 0.6) is 0 Å². The summed E-state index contributed by atoms with van der Waals surface area (Å²) in [6, 6.07) is 17.1. The largest absolute Gasteiger partial charge is 0.382 e. The maximum absolute atomic E-state index is 12.1. The predicted octanol–water partition coefficient (Wildman–Crippen LogP) is 3.41. The van der Waals surface area contributed by atoms with Gasteiger partial charge in [0.1, 0.15) is 5.52 Å². The highest BCUT2D eigenvalue weighted by Crippen LogP contribution is 2.26. The van der Waals surface area contributed by atoms with Crippen LogP contribution in [0.25, 0.3) is 21.9 Å². The van der Waals surface area contributed by atoms with Crippen molar-refractivity contribution >= 4 is 46.1 Å². The number of pyridine rings is 1. The summed E-state index contributed by atoms with van der Waals surface area (Å²) in [5.41, 5.74) is 9.29. The molecule has 1 amide bonds. The highest BCUT2D eigenvalue weighted by molar-refractivity contribution is 6.06. The summed E-state index contributed by atoms with van der Waals surface area (Å²) in [6.07, 6.45) is 2.58. The van der Waals surface area contributed by atoms with Crippen LogP contribution in [0.2, 0.25) is 0 Å². The summed E-state index contributed by atoms with van der Waals surface area (Å²) < 4.78 is 2.07. The van der Waals surface area contributed by atoms with Crippen molar-refractivity contribution in [3.05, 3.63) is 66.5 Å². The number of halogens is 1. The maximum Gasteiger partial charge on any atom is 0.251 e. The van der Waals surface area contributed by atoms with Crippen LogP contribution in [0.3, 0.4) is 0 Å². The third-order valence-corrected chi connectivity index (χ3v) is 4.38. The lowest BCUT2D eigenvalue weighted by Gasteiger charge is -2.09. The number of nitrogen functional groups attached to an aromatic ring is 1. The smallest absolute Gasteiger partial charge is 0.251 e. The molecule has 4 aromatic rings. The molecule has 3 N–H and O–H groups in total. The fourth-order valence-electron chi connectivity index (χ4n) is 3.12. The number of para-hydroxylation sites is 1. The van der Waals surface area contributed by atoms with E-state index in [1.54, 1.807) is 18.5 Å². The molecule has 27 heavy (non-hydrogen) atoms. The van der Waals surface area contributed by atoms with Gasteiger partial charge in [-0.15, -0.1) is 12.4 Å². The van der Waals surface area contributed by atoms with Gasteiger partial charge in [0.15, 0.2) is 5.82 Å². The monoisotopic (exact) mass is 381 g/mol. The van der Waals surface area contributed by atoms with Crippen LogP contribution in [0, 0.1) is 0 Å². The van der Waals surface area contributed by atoms with Crippen LogP contribution in [-0.2, 0) is 6.54 Å². The van der Waals surface area contributed by atoms with Gasteiger partial charge in [-0.05, 0) is 24.6 Å². The first-order chi connectivity index (χ1) is 12.7. The molecule has 0 aliphatic carbocycles. The Hall–Kier alpha value is -3.12. The molecule has 0 bridgehead atoms. The lowest BCUT2D eigenvalue weighted by atomic mass is 10.2. The molecule has 0 radical (unpaired) electrons. The molecule has 0 aliphatic rings. The first kappa shape index (κ1) is 18.7. The zero-order valence-corrected chi connectivity index (χ0v) is 15.4. The molecular weight excluding hydrogens is 362 g/mol. The second kappa shape index (κ2) is 8.05. The van der Waals surface area contributed by atoms with E-state index >= 15 is 0 Å². The zero-order chi connectivity index (χ0) is 17.9. The predicted molar refractivity (Wildman–Crippen MR) is 110 cm³/mol. The average Bonchev–Trinajstić information content (AvgIpc) is 3.11. The third-order valence-electron chi connectivity index (χ3n) is 4.38. The van der Waals surface area contributed by atoms with Crippen LogP contribution >= 0.6 is 12.4 Å². The number of carbonyl (C=O) groups excluding carboxylic acids is 1. The minimum atomic E-state index is -0.0556. The standard InChI is InChI=1S/C20H19N5O.ClH/c21-19-17-18(15-9-4-5-10-16(15)24-19)25(13-23-17)12-6-11-22-20(26)14-7-2-1-3-8-14;/h1-5,7-10,13H,6,11-12H2,(H2,21,24)(H,22,26);1H. The number of amides is 1. The highest BCUT2D eigenvalue weighted by Gasteiger charge is 2.12. The number of anilines is 1. The summed E-state index contributed by atoms with van der Waals surface area (Å²) in [5, 5.41) is 3.98. The van der Waals surface area contributed by atoms with Gasteiger partial charge in [0.25, 0.3) is 5.91 Å². The molecule has 0 unspecified atom stereocenters. The van der Waals surface area contributed by atoms with Crippen LogP contribution in [0.15, 0.2) is 60.9 Å². The number of nitrogens with zero attached hydrogens (tertiary/aromatic N) is 3. The Morgan fingerprint density at radius 1 is 1.07 bits per heavy atom. The SMILES string of the molecule is Cl.Nc1nc2ccccc2c2c1ncn2CCCNC(=O)c1ccccc1. The molecule has 4 rings (SSSR count). The van der Waals surface area contributed by atoms with Gasteiger partial charge in [0, 0.05) is 24.0 Å². The first-order valence-electron chi connectivity index (χ1n) is 8.56. The van der Waals surface area contributed by atoms with E-state index in [2.05, 4.69) is 19.9 Å². The fourth-order valence-corrected chi connectivity index (χ4v) is 3.12. The molecule has 0 saturated carbocycles. The Bertz CT molecular complexity index is 1080. The van der Waals surface area contributed by atoms with Crippen LogP contribution in [0.1, 0.15) is 16.8 Å². The minimum Gasteiger partial charge on any atom is -0.382 e. The number of nitrogens with two attached hydrogens (primary N) is 1. The molecular formula is C20H20ClN5O. The van der Waals surface area contributed by atoms with E-state index in [9.17, 15) is 4.79 Å². The van der Waals surface area contributed by atoms with Crippen molar-refractivity contribution in [1.29, 1.82) is 0 Å². The van der Waals surface area contributed by atoms with Crippen molar-refractivity contribution in [2.75, 3.05) is 12.3 Å². The summed E-state index contributed by atoms with van der Waals surface area (Å²) in [5.74, 6) is 0.384. The number of carbonyl (C=O) groups is 1. The van der Waals surface area contributed by atoms with Gasteiger partial charge in [0.2, 0.25) is 0 Å². The number of imidazole rings is 1. The fraction of sp³-hybridized carbons (Fsp3) is 0.150. The molecule has 0 fully saturated rings. The second-order valence-corrected chi connectivity index (χ2v) is 6.12. The molecule has 0 spiro atoms. The molecule has 2 aromatic carbocycles. The molecule has 2 aromatic heterocycles. The number of nitrogens with one attached hydrogen (secondary N) is 1. The Morgan fingerprint density at radius 3 is 2.63 bits per heavy atom. The lowest BCUT2D eigenvalue weighted by Crippen LogP contribution is -2.25. The van der Waals surface area contributed by atoms with E-state index in [4.69, 9.17) is 5.73 Å². The van der Waals surface area contributed by atoms with Gasteiger partial charge in [0.05, 0.1) is 17.4 Å². The van der Waals surface area contributed by atoms with Gasteiger partial charge in [-0.1, -0.05) is 36.4 Å². The van der Waals surface area contributed by atoms with E-state index in [1.807, 2.05) is 42.5 Å². The Kier molecular flexibility index (Phi) is 5.57. The normalized spacial score (nSPS) is 10.7. The van der Waals surface area contributed by atoms with Crippen LogP contribution in [0.4, 0.5) is 5.82 Å². The quantitative estimate of drug-likeness (QED) is 0.519. The number of aromatic nitrogens is 3.